The molecule has 0 bridgehead atoms. The summed E-state index contributed by atoms with van der Waals surface area (Å²) >= 11 is 6.16. The van der Waals surface area contributed by atoms with Gasteiger partial charge in [-0.1, -0.05) is 29.8 Å². The molecule has 4 rings (SSSR count). The van der Waals surface area contributed by atoms with Gasteiger partial charge in [0.05, 0.1) is 11.0 Å². The first kappa shape index (κ1) is 14.8. The molecule has 118 valence electrons. The number of halogens is 2. The second kappa shape index (κ2) is 6.06. The summed E-state index contributed by atoms with van der Waals surface area (Å²) in [5.41, 5.74) is 3.54. The van der Waals surface area contributed by atoms with Crippen molar-refractivity contribution in [1.82, 2.24) is 14.5 Å². The highest BCUT2D eigenvalue weighted by molar-refractivity contribution is 6.31. The number of nitrogens with zero attached hydrogens (tertiary/aromatic N) is 3. The van der Waals surface area contributed by atoms with Crippen molar-refractivity contribution in [3.05, 3.63) is 83.3 Å². The summed E-state index contributed by atoms with van der Waals surface area (Å²) in [6, 6.07) is 17.8. The van der Waals surface area contributed by atoms with Crippen LogP contribution in [0, 0.1) is 5.82 Å². The van der Waals surface area contributed by atoms with E-state index in [1.165, 1.54) is 12.1 Å². The van der Waals surface area contributed by atoms with E-state index < -0.39 is 0 Å². The third kappa shape index (κ3) is 2.76. The number of aromatic nitrogens is 3. The lowest BCUT2D eigenvalue weighted by molar-refractivity contribution is 0.626. The molecule has 0 N–H and O–H groups in total. The van der Waals surface area contributed by atoms with Gasteiger partial charge in [-0.3, -0.25) is 4.98 Å². The lowest BCUT2D eigenvalue weighted by Gasteiger charge is -2.09. The predicted octanol–water partition coefficient (Wildman–Crippen LogP) is 4.94. The van der Waals surface area contributed by atoms with Crippen LogP contribution in [0.15, 0.2) is 66.9 Å². The Bertz CT molecular complexity index is 994. The van der Waals surface area contributed by atoms with Gasteiger partial charge in [0, 0.05) is 17.8 Å². The summed E-state index contributed by atoms with van der Waals surface area (Å²) < 4.78 is 15.2. The van der Waals surface area contributed by atoms with Crippen molar-refractivity contribution in [2.45, 2.75) is 6.54 Å². The van der Waals surface area contributed by atoms with E-state index >= 15 is 0 Å². The van der Waals surface area contributed by atoms with Crippen LogP contribution in [-0.2, 0) is 6.54 Å². The van der Waals surface area contributed by atoms with Crippen LogP contribution in [0.1, 0.15) is 5.56 Å². The molecule has 0 amide bonds. The van der Waals surface area contributed by atoms with Crippen LogP contribution in [0.4, 0.5) is 4.39 Å². The molecule has 0 fully saturated rings. The molecule has 0 radical (unpaired) electrons. The fourth-order valence-electron chi connectivity index (χ4n) is 2.72. The Labute approximate surface area is 143 Å². The van der Waals surface area contributed by atoms with Crippen molar-refractivity contribution in [3.8, 4) is 11.5 Å². The maximum atomic E-state index is 13.2. The maximum Gasteiger partial charge on any atom is 0.160 e. The summed E-state index contributed by atoms with van der Waals surface area (Å²) in [4.78, 5) is 9.11. The third-order valence-corrected chi connectivity index (χ3v) is 4.09. The molecule has 0 saturated heterocycles. The Morgan fingerprint density at radius 3 is 2.58 bits per heavy atom. The van der Waals surface area contributed by atoms with E-state index in [9.17, 15) is 4.39 Å². The number of rotatable bonds is 3. The van der Waals surface area contributed by atoms with Crippen molar-refractivity contribution < 1.29 is 4.39 Å². The molecule has 0 aliphatic rings. The molecule has 0 spiro atoms. The predicted molar refractivity (Wildman–Crippen MR) is 93.5 cm³/mol. The second-order valence-electron chi connectivity index (χ2n) is 5.50. The van der Waals surface area contributed by atoms with Crippen LogP contribution in [0.5, 0.6) is 0 Å². The second-order valence-corrected chi connectivity index (χ2v) is 5.93. The number of imidazole rings is 1. The zero-order valence-corrected chi connectivity index (χ0v) is 13.4. The minimum absolute atomic E-state index is 0.248. The molecule has 5 heteroatoms. The number of pyridine rings is 1. The fourth-order valence-corrected chi connectivity index (χ4v) is 2.89. The van der Waals surface area contributed by atoms with Crippen LogP contribution >= 0.6 is 11.6 Å². The Morgan fingerprint density at radius 1 is 1.00 bits per heavy atom. The van der Waals surface area contributed by atoms with E-state index in [1.54, 1.807) is 18.3 Å². The van der Waals surface area contributed by atoms with Gasteiger partial charge >= 0.3 is 0 Å². The Balaban J connectivity index is 1.90. The van der Waals surface area contributed by atoms with Gasteiger partial charge in [0.1, 0.15) is 11.5 Å². The first-order valence-electron chi connectivity index (χ1n) is 7.52. The Kier molecular flexibility index (Phi) is 3.75. The summed E-state index contributed by atoms with van der Waals surface area (Å²) in [6.45, 7) is 0.559. The van der Waals surface area contributed by atoms with Gasteiger partial charge in [-0.05, 0) is 48.0 Å². The highest BCUT2D eigenvalue weighted by atomic mass is 35.5. The largest absolute Gasteiger partial charge is 0.318 e. The minimum Gasteiger partial charge on any atom is -0.318 e. The molecule has 0 saturated carbocycles. The number of benzene rings is 2. The van der Waals surface area contributed by atoms with Crippen molar-refractivity contribution in [2.75, 3.05) is 0 Å². The summed E-state index contributed by atoms with van der Waals surface area (Å²) in [6.07, 6.45) is 1.74. The molecular formula is C19H13ClFN3. The van der Waals surface area contributed by atoms with Crippen LogP contribution < -0.4 is 0 Å². The van der Waals surface area contributed by atoms with E-state index in [-0.39, 0.29) is 5.82 Å². The lowest BCUT2D eigenvalue weighted by Crippen LogP contribution is -2.03. The first-order valence-corrected chi connectivity index (χ1v) is 7.90. The average molecular weight is 338 g/mol. The zero-order valence-electron chi connectivity index (χ0n) is 12.7. The van der Waals surface area contributed by atoms with Gasteiger partial charge in [-0.15, -0.1) is 0 Å². The van der Waals surface area contributed by atoms with Crippen molar-refractivity contribution in [1.29, 1.82) is 0 Å². The number of hydrogen-bond donors (Lipinski definition) is 0. The quantitative estimate of drug-likeness (QED) is 0.530. The lowest BCUT2D eigenvalue weighted by atomic mass is 10.2. The minimum atomic E-state index is -0.248. The molecule has 2 aromatic carbocycles. The molecule has 2 heterocycles. The normalized spacial score (nSPS) is 11.1. The molecule has 0 atom stereocenters. The molecular weight excluding hydrogens is 325 g/mol. The van der Waals surface area contributed by atoms with Crippen LogP contribution in [-0.4, -0.2) is 14.5 Å². The fraction of sp³-hybridized carbons (Fsp3) is 0.0526. The molecule has 4 aromatic rings. The van der Waals surface area contributed by atoms with Crippen molar-refractivity contribution in [2.24, 2.45) is 0 Å². The van der Waals surface area contributed by atoms with Crippen LogP contribution in [0.25, 0.3) is 22.6 Å². The van der Waals surface area contributed by atoms with Gasteiger partial charge < -0.3 is 4.57 Å². The monoisotopic (exact) mass is 337 g/mol. The van der Waals surface area contributed by atoms with E-state index in [0.717, 1.165) is 28.1 Å². The Hall–Kier alpha value is -2.72. The standard InChI is InChI=1S/C19H13ClFN3/c20-14-6-9-16-18(11-14)24(12-13-4-7-15(21)8-5-13)19(23-16)17-3-1-2-10-22-17/h1-11H,12H2. The van der Waals surface area contributed by atoms with E-state index in [4.69, 9.17) is 16.6 Å². The topological polar surface area (TPSA) is 30.7 Å². The summed E-state index contributed by atoms with van der Waals surface area (Å²) in [5, 5.41) is 0.648. The molecule has 24 heavy (non-hydrogen) atoms. The van der Waals surface area contributed by atoms with Crippen molar-refractivity contribution >= 4 is 22.6 Å². The molecule has 0 unspecified atom stereocenters. The third-order valence-electron chi connectivity index (χ3n) is 3.86. The highest BCUT2D eigenvalue weighted by Crippen LogP contribution is 2.26. The van der Waals surface area contributed by atoms with Gasteiger partial charge in [-0.2, -0.15) is 0 Å². The van der Waals surface area contributed by atoms with Gasteiger partial charge in [-0.25, -0.2) is 9.37 Å². The first-order chi connectivity index (χ1) is 11.7. The van der Waals surface area contributed by atoms with Crippen LogP contribution in [0.3, 0.4) is 0 Å². The van der Waals surface area contributed by atoms with Crippen molar-refractivity contribution in [3.63, 3.8) is 0 Å². The molecule has 0 aliphatic carbocycles. The smallest absolute Gasteiger partial charge is 0.160 e. The van der Waals surface area contributed by atoms with Gasteiger partial charge in [0.15, 0.2) is 5.82 Å². The molecule has 2 aromatic heterocycles. The molecule has 3 nitrogen and oxygen atoms in total. The zero-order chi connectivity index (χ0) is 16.5. The number of fused-ring (bicyclic) bond motifs is 1. The summed E-state index contributed by atoms with van der Waals surface area (Å²) in [5.74, 6) is 0.513. The van der Waals surface area contributed by atoms with Gasteiger partial charge in [0.2, 0.25) is 0 Å². The van der Waals surface area contributed by atoms with E-state index in [0.29, 0.717) is 11.6 Å². The Morgan fingerprint density at radius 2 is 1.83 bits per heavy atom. The van der Waals surface area contributed by atoms with E-state index in [1.807, 2.05) is 36.4 Å². The maximum absolute atomic E-state index is 13.2. The van der Waals surface area contributed by atoms with Gasteiger partial charge in [0.25, 0.3) is 0 Å². The molecule has 0 aliphatic heterocycles. The number of hydrogen-bond acceptors (Lipinski definition) is 2. The van der Waals surface area contributed by atoms with E-state index in [2.05, 4.69) is 9.55 Å². The highest BCUT2D eigenvalue weighted by Gasteiger charge is 2.14. The SMILES string of the molecule is Fc1ccc(Cn2c(-c3ccccn3)nc3ccc(Cl)cc32)cc1. The van der Waals surface area contributed by atoms with Crippen LogP contribution in [0.2, 0.25) is 5.02 Å². The average Bonchev–Trinajstić information content (AvgIpc) is 2.95. The summed E-state index contributed by atoms with van der Waals surface area (Å²) in [7, 11) is 0.